The van der Waals surface area contributed by atoms with Crippen molar-refractivity contribution in [1.82, 2.24) is 9.80 Å². The first-order chi connectivity index (χ1) is 30.5. The molecule has 0 aromatic rings. The van der Waals surface area contributed by atoms with Crippen molar-refractivity contribution >= 4 is 11.9 Å². The van der Waals surface area contributed by atoms with Gasteiger partial charge in [0.15, 0.2) is 0 Å². The second-order valence-corrected chi connectivity index (χ2v) is 20.5. The van der Waals surface area contributed by atoms with Gasteiger partial charge in [0.05, 0.1) is 13.2 Å². The number of carbonyl (C=O) groups excluding carboxylic acids is 2. The summed E-state index contributed by atoms with van der Waals surface area (Å²) in [5.41, 5.74) is 0. The first-order valence-corrected chi connectivity index (χ1v) is 28.3. The average molecular weight is 873 g/mol. The first kappa shape index (κ1) is 57.0. The molecule has 2 unspecified atom stereocenters. The molecule has 0 aromatic carbocycles. The number of unbranched alkanes of at least 4 members (excludes halogenated alkanes) is 20. The van der Waals surface area contributed by atoms with E-state index >= 15 is 0 Å². The Morgan fingerprint density at radius 3 is 1.15 bits per heavy atom. The van der Waals surface area contributed by atoms with Gasteiger partial charge in [-0.3, -0.25) is 14.5 Å². The SMILES string of the molecule is CCCCCCCCC(CCCCCC)COC(=O)CCCCCN(CCCCCC(=O)OCC(CCCCCC)CCCCCCCC)CCN(C1CCCCC1)C1CCC1. The lowest BCUT2D eigenvalue weighted by molar-refractivity contribution is -0.146. The minimum Gasteiger partial charge on any atom is -0.465 e. The molecule has 0 heterocycles. The summed E-state index contributed by atoms with van der Waals surface area (Å²) in [5.74, 6) is 1.11. The lowest BCUT2D eigenvalue weighted by Gasteiger charge is -2.45. The summed E-state index contributed by atoms with van der Waals surface area (Å²) < 4.78 is 11.9. The molecule has 2 aliphatic rings. The van der Waals surface area contributed by atoms with Gasteiger partial charge in [-0.1, -0.05) is 195 Å². The number of rotatable bonds is 45. The van der Waals surface area contributed by atoms with E-state index in [0.717, 1.165) is 70.2 Å². The van der Waals surface area contributed by atoms with Crippen LogP contribution in [0.2, 0.25) is 0 Å². The van der Waals surface area contributed by atoms with E-state index in [9.17, 15) is 9.59 Å². The maximum absolute atomic E-state index is 12.9. The Morgan fingerprint density at radius 1 is 0.403 bits per heavy atom. The molecule has 0 amide bonds. The fourth-order valence-electron chi connectivity index (χ4n) is 10.3. The highest BCUT2D eigenvalue weighted by molar-refractivity contribution is 5.69. The molecule has 366 valence electrons. The third-order valence-corrected chi connectivity index (χ3v) is 14.8. The van der Waals surface area contributed by atoms with Crippen LogP contribution in [0, 0.1) is 11.8 Å². The Labute approximate surface area is 387 Å². The zero-order valence-corrected chi connectivity index (χ0v) is 42.4. The van der Waals surface area contributed by atoms with E-state index in [-0.39, 0.29) is 11.9 Å². The summed E-state index contributed by atoms with van der Waals surface area (Å²) in [6.45, 7) is 14.9. The van der Waals surface area contributed by atoms with Gasteiger partial charge < -0.3 is 14.4 Å². The van der Waals surface area contributed by atoms with Crippen LogP contribution in [-0.4, -0.2) is 73.2 Å². The van der Waals surface area contributed by atoms with Crippen molar-refractivity contribution in [2.24, 2.45) is 11.8 Å². The minimum atomic E-state index is 0.0193. The highest BCUT2D eigenvalue weighted by Gasteiger charge is 2.31. The molecule has 6 nitrogen and oxygen atoms in total. The molecule has 2 atom stereocenters. The molecular formula is C56H108N2O4. The standard InChI is InChI=1S/C56H108N2O4/c1-5-9-13-17-19-26-37-51(35-24-15-11-7-3)49-61-55(59)43-30-22-32-45-57(47-48-58(54-41-34-42-54)53-39-28-21-29-40-53)46-33-23-31-44-56(60)62-50-52(36-25-16-12-8-4)38-27-20-18-14-10-6-2/h51-54H,5-50H2,1-4H3. The van der Waals surface area contributed by atoms with Gasteiger partial charge in [-0.2, -0.15) is 0 Å². The van der Waals surface area contributed by atoms with Crippen LogP contribution in [0.15, 0.2) is 0 Å². The van der Waals surface area contributed by atoms with E-state index in [1.54, 1.807) is 0 Å². The number of hydrogen-bond acceptors (Lipinski definition) is 6. The molecule has 0 aromatic heterocycles. The zero-order chi connectivity index (χ0) is 44.6. The number of ether oxygens (including phenoxy) is 2. The van der Waals surface area contributed by atoms with Gasteiger partial charge in [-0.25, -0.2) is 0 Å². The van der Waals surface area contributed by atoms with Gasteiger partial charge in [0, 0.05) is 38.0 Å². The molecule has 2 aliphatic carbocycles. The van der Waals surface area contributed by atoms with Gasteiger partial charge in [-0.15, -0.1) is 0 Å². The van der Waals surface area contributed by atoms with Crippen molar-refractivity contribution < 1.29 is 19.1 Å². The summed E-state index contributed by atoms with van der Waals surface area (Å²) in [4.78, 5) is 31.4. The summed E-state index contributed by atoms with van der Waals surface area (Å²) in [5, 5.41) is 0. The largest absolute Gasteiger partial charge is 0.465 e. The number of hydrogen-bond donors (Lipinski definition) is 0. The van der Waals surface area contributed by atoms with Crippen molar-refractivity contribution in [3.8, 4) is 0 Å². The number of nitrogens with zero attached hydrogens (tertiary/aromatic N) is 2. The van der Waals surface area contributed by atoms with Crippen LogP contribution >= 0.6 is 0 Å². The highest BCUT2D eigenvalue weighted by atomic mass is 16.5. The maximum Gasteiger partial charge on any atom is 0.305 e. The molecule has 0 bridgehead atoms. The van der Waals surface area contributed by atoms with Crippen molar-refractivity contribution in [2.75, 3.05) is 39.4 Å². The second kappa shape index (κ2) is 41.3. The average Bonchev–Trinajstić information content (AvgIpc) is 3.26. The number of carbonyl (C=O) groups is 2. The van der Waals surface area contributed by atoms with Gasteiger partial charge >= 0.3 is 11.9 Å². The van der Waals surface area contributed by atoms with Gasteiger partial charge in [0.1, 0.15) is 0 Å². The summed E-state index contributed by atoms with van der Waals surface area (Å²) in [6.07, 6.45) is 49.7. The summed E-state index contributed by atoms with van der Waals surface area (Å²) >= 11 is 0. The van der Waals surface area contributed by atoms with Crippen LogP contribution in [0.4, 0.5) is 0 Å². The van der Waals surface area contributed by atoms with Crippen molar-refractivity contribution in [3.05, 3.63) is 0 Å². The van der Waals surface area contributed by atoms with E-state index in [2.05, 4.69) is 37.5 Å². The zero-order valence-electron chi connectivity index (χ0n) is 42.4. The topological polar surface area (TPSA) is 59.1 Å². The van der Waals surface area contributed by atoms with Crippen molar-refractivity contribution in [1.29, 1.82) is 0 Å². The van der Waals surface area contributed by atoms with Crippen molar-refractivity contribution in [2.45, 2.75) is 297 Å². The Bertz CT molecular complexity index is 938. The van der Waals surface area contributed by atoms with E-state index in [1.165, 1.54) is 212 Å². The Kier molecular flexibility index (Phi) is 38.0. The van der Waals surface area contributed by atoms with E-state index in [4.69, 9.17) is 9.47 Å². The van der Waals surface area contributed by atoms with Crippen LogP contribution in [0.5, 0.6) is 0 Å². The fourth-order valence-corrected chi connectivity index (χ4v) is 10.3. The maximum atomic E-state index is 12.9. The fraction of sp³-hybridized carbons (Fsp3) is 0.964. The molecular weight excluding hydrogens is 765 g/mol. The second-order valence-electron chi connectivity index (χ2n) is 20.5. The lowest BCUT2D eigenvalue weighted by atomic mass is 9.86. The van der Waals surface area contributed by atoms with Crippen LogP contribution in [0.25, 0.3) is 0 Å². The van der Waals surface area contributed by atoms with Gasteiger partial charge in [-0.05, 0) is 102 Å². The molecule has 2 fully saturated rings. The smallest absolute Gasteiger partial charge is 0.305 e. The third kappa shape index (κ3) is 30.9. The quantitative estimate of drug-likeness (QED) is 0.0449. The molecule has 0 saturated heterocycles. The molecule has 0 aliphatic heterocycles. The first-order valence-electron chi connectivity index (χ1n) is 28.3. The van der Waals surface area contributed by atoms with Gasteiger partial charge in [0.25, 0.3) is 0 Å². The summed E-state index contributed by atoms with van der Waals surface area (Å²) in [6, 6.07) is 1.59. The van der Waals surface area contributed by atoms with Crippen LogP contribution in [0.3, 0.4) is 0 Å². The van der Waals surface area contributed by atoms with Gasteiger partial charge in [0.2, 0.25) is 0 Å². The Morgan fingerprint density at radius 2 is 0.758 bits per heavy atom. The minimum absolute atomic E-state index is 0.0193. The van der Waals surface area contributed by atoms with Crippen molar-refractivity contribution in [3.63, 3.8) is 0 Å². The Hall–Kier alpha value is -1.14. The van der Waals surface area contributed by atoms with Crippen LogP contribution in [0.1, 0.15) is 285 Å². The van der Waals surface area contributed by atoms with E-state index in [1.807, 2.05) is 0 Å². The monoisotopic (exact) mass is 873 g/mol. The third-order valence-electron chi connectivity index (χ3n) is 14.8. The molecule has 0 radical (unpaired) electrons. The van der Waals surface area contributed by atoms with E-state index in [0.29, 0.717) is 37.9 Å². The van der Waals surface area contributed by atoms with Crippen LogP contribution < -0.4 is 0 Å². The predicted molar refractivity (Wildman–Crippen MR) is 267 cm³/mol. The van der Waals surface area contributed by atoms with E-state index < -0.39 is 0 Å². The van der Waals surface area contributed by atoms with Crippen LogP contribution in [-0.2, 0) is 19.1 Å². The number of esters is 2. The molecule has 62 heavy (non-hydrogen) atoms. The molecule has 0 N–H and O–H groups in total. The highest BCUT2D eigenvalue weighted by Crippen LogP contribution is 2.32. The summed E-state index contributed by atoms with van der Waals surface area (Å²) in [7, 11) is 0. The normalized spacial score (nSPS) is 15.9. The molecule has 2 saturated carbocycles. The lowest BCUT2D eigenvalue weighted by Crippen LogP contribution is -2.50. The predicted octanol–water partition coefficient (Wildman–Crippen LogP) is 16.4. The molecule has 2 rings (SSSR count). The molecule has 0 spiro atoms. The molecule has 6 heteroatoms. The Balaban J connectivity index is 1.78.